The number of rotatable bonds is 4. The van der Waals surface area contributed by atoms with Crippen LogP contribution >= 0.6 is 11.8 Å². The first-order valence-corrected chi connectivity index (χ1v) is 5.88. The van der Waals surface area contributed by atoms with Gasteiger partial charge in [-0.2, -0.15) is 0 Å². The summed E-state index contributed by atoms with van der Waals surface area (Å²) in [4.78, 5) is 22.3. The summed E-state index contributed by atoms with van der Waals surface area (Å²) >= 11 is 1.10. The smallest absolute Gasteiger partial charge is 0.279 e. The maximum atomic E-state index is 11.5. The summed E-state index contributed by atoms with van der Waals surface area (Å²) in [5.74, 6) is 0.341. The van der Waals surface area contributed by atoms with E-state index in [1.807, 2.05) is 13.8 Å². The van der Waals surface area contributed by atoms with Crippen molar-refractivity contribution in [3.05, 3.63) is 0 Å². The van der Waals surface area contributed by atoms with Crippen molar-refractivity contribution in [2.24, 2.45) is 5.92 Å². The van der Waals surface area contributed by atoms with Gasteiger partial charge in [-0.1, -0.05) is 25.6 Å². The SMILES string of the molecule is CC(C)C(O)CNC(=O)C1CSC(=O)N1. The Kier molecular flexibility index (Phi) is 4.41. The van der Waals surface area contributed by atoms with Crippen LogP contribution in [-0.4, -0.2) is 40.7 Å². The maximum absolute atomic E-state index is 11.5. The molecule has 6 heteroatoms. The second-order valence-electron chi connectivity index (χ2n) is 3.85. The maximum Gasteiger partial charge on any atom is 0.279 e. The Balaban J connectivity index is 2.27. The predicted octanol–water partition coefficient (Wildman–Crippen LogP) is -0.0555. The number of carbonyl (C=O) groups excluding carboxylic acids is 2. The molecule has 1 saturated heterocycles. The Morgan fingerprint density at radius 2 is 2.40 bits per heavy atom. The van der Waals surface area contributed by atoms with Crippen LogP contribution in [-0.2, 0) is 4.79 Å². The quantitative estimate of drug-likeness (QED) is 0.635. The van der Waals surface area contributed by atoms with Crippen LogP contribution in [0.4, 0.5) is 4.79 Å². The van der Waals surface area contributed by atoms with Crippen molar-refractivity contribution in [2.75, 3.05) is 12.3 Å². The van der Waals surface area contributed by atoms with Crippen molar-refractivity contribution in [2.45, 2.75) is 26.0 Å². The highest BCUT2D eigenvalue weighted by Crippen LogP contribution is 2.12. The second kappa shape index (κ2) is 5.37. The third-order valence-electron chi connectivity index (χ3n) is 2.24. The average molecular weight is 232 g/mol. The normalized spacial score (nSPS) is 22.7. The average Bonchev–Trinajstić information content (AvgIpc) is 2.60. The Bertz CT molecular complexity index is 258. The zero-order valence-electron chi connectivity index (χ0n) is 8.82. The molecule has 0 spiro atoms. The molecule has 1 fully saturated rings. The molecule has 0 aromatic carbocycles. The summed E-state index contributed by atoms with van der Waals surface area (Å²) < 4.78 is 0. The molecule has 2 unspecified atom stereocenters. The van der Waals surface area contributed by atoms with Crippen LogP contribution in [0.25, 0.3) is 0 Å². The monoisotopic (exact) mass is 232 g/mol. The van der Waals surface area contributed by atoms with E-state index in [-0.39, 0.29) is 23.6 Å². The van der Waals surface area contributed by atoms with Gasteiger partial charge in [-0.15, -0.1) is 0 Å². The van der Waals surface area contributed by atoms with Crippen LogP contribution in [0.5, 0.6) is 0 Å². The molecule has 86 valence electrons. The number of hydrogen-bond donors (Lipinski definition) is 3. The number of amides is 2. The molecule has 0 aromatic rings. The van der Waals surface area contributed by atoms with E-state index in [0.29, 0.717) is 5.75 Å². The van der Waals surface area contributed by atoms with E-state index in [4.69, 9.17) is 0 Å². The van der Waals surface area contributed by atoms with Crippen LogP contribution in [0.15, 0.2) is 0 Å². The van der Waals surface area contributed by atoms with Crippen molar-refractivity contribution in [3.63, 3.8) is 0 Å². The topological polar surface area (TPSA) is 78.4 Å². The van der Waals surface area contributed by atoms with Gasteiger partial charge >= 0.3 is 0 Å². The molecule has 0 radical (unpaired) electrons. The van der Waals surface area contributed by atoms with Crippen molar-refractivity contribution in [1.29, 1.82) is 0 Å². The van der Waals surface area contributed by atoms with Crippen molar-refractivity contribution < 1.29 is 14.7 Å². The third kappa shape index (κ3) is 3.71. The first-order valence-electron chi connectivity index (χ1n) is 4.89. The molecule has 1 rings (SSSR count). The van der Waals surface area contributed by atoms with Gasteiger partial charge in [-0.3, -0.25) is 9.59 Å². The van der Waals surface area contributed by atoms with Crippen molar-refractivity contribution in [1.82, 2.24) is 10.6 Å². The number of nitrogens with one attached hydrogen (secondary N) is 2. The summed E-state index contributed by atoms with van der Waals surface area (Å²) in [5, 5.41) is 14.4. The van der Waals surface area contributed by atoms with E-state index in [9.17, 15) is 14.7 Å². The largest absolute Gasteiger partial charge is 0.391 e. The molecule has 5 nitrogen and oxygen atoms in total. The van der Waals surface area contributed by atoms with Gasteiger partial charge in [0, 0.05) is 12.3 Å². The number of aliphatic hydroxyl groups is 1. The van der Waals surface area contributed by atoms with Gasteiger partial charge in [0.1, 0.15) is 6.04 Å². The Morgan fingerprint density at radius 1 is 1.73 bits per heavy atom. The molecule has 0 aromatic heterocycles. The van der Waals surface area contributed by atoms with Gasteiger partial charge in [0.25, 0.3) is 5.24 Å². The van der Waals surface area contributed by atoms with E-state index in [1.54, 1.807) is 0 Å². The molecule has 2 atom stereocenters. The van der Waals surface area contributed by atoms with Crippen LogP contribution in [0, 0.1) is 5.92 Å². The standard InChI is InChI=1S/C9H16N2O3S/c1-5(2)7(12)3-10-8(13)6-4-15-9(14)11-6/h5-7,12H,3-4H2,1-2H3,(H,10,13)(H,11,14). The Labute approximate surface area is 93.0 Å². The molecule has 1 heterocycles. The molecular formula is C9H16N2O3S. The predicted molar refractivity (Wildman–Crippen MR) is 58.6 cm³/mol. The van der Waals surface area contributed by atoms with Gasteiger partial charge in [0.05, 0.1) is 6.10 Å². The van der Waals surface area contributed by atoms with E-state index in [0.717, 1.165) is 11.8 Å². The highest BCUT2D eigenvalue weighted by molar-refractivity contribution is 8.14. The summed E-state index contributed by atoms with van der Waals surface area (Å²) in [6, 6.07) is -0.457. The second-order valence-corrected chi connectivity index (χ2v) is 4.84. The molecule has 0 bridgehead atoms. The summed E-state index contributed by atoms with van der Waals surface area (Å²) in [6.45, 7) is 3.99. The van der Waals surface area contributed by atoms with Crippen molar-refractivity contribution >= 4 is 22.9 Å². The zero-order chi connectivity index (χ0) is 11.4. The van der Waals surface area contributed by atoms with Gasteiger partial charge in [-0.25, -0.2) is 0 Å². The van der Waals surface area contributed by atoms with Gasteiger partial charge in [-0.05, 0) is 5.92 Å². The number of aliphatic hydroxyl groups excluding tert-OH is 1. The minimum Gasteiger partial charge on any atom is -0.391 e. The van der Waals surface area contributed by atoms with E-state index in [1.165, 1.54) is 0 Å². The molecule has 1 aliphatic rings. The highest BCUT2D eigenvalue weighted by atomic mass is 32.2. The number of thioether (sulfide) groups is 1. The van der Waals surface area contributed by atoms with Crippen molar-refractivity contribution in [3.8, 4) is 0 Å². The molecule has 0 saturated carbocycles. The van der Waals surface area contributed by atoms with E-state index in [2.05, 4.69) is 10.6 Å². The minimum atomic E-state index is -0.543. The summed E-state index contributed by atoms with van der Waals surface area (Å²) in [5.41, 5.74) is 0. The molecule has 0 aliphatic carbocycles. The van der Waals surface area contributed by atoms with Gasteiger partial charge in [0.15, 0.2) is 0 Å². The van der Waals surface area contributed by atoms with Crippen LogP contribution in [0.2, 0.25) is 0 Å². The molecular weight excluding hydrogens is 216 g/mol. The first-order chi connectivity index (χ1) is 7.00. The lowest BCUT2D eigenvalue weighted by Gasteiger charge is -2.16. The fraction of sp³-hybridized carbons (Fsp3) is 0.778. The molecule has 1 aliphatic heterocycles. The lowest BCUT2D eigenvalue weighted by molar-refractivity contribution is -0.122. The number of hydrogen-bond acceptors (Lipinski definition) is 4. The lowest BCUT2D eigenvalue weighted by atomic mass is 10.1. The lowest BCUT2D eigenvalue weighted by Crippen LogP contribution is -2.45. The molecule has 3 N–H and O–H groups in total. The fourth-order valence-corrected chi connectivity index (χ4v) is 1.87. The molecule has 15 heavy (non-hydrogen) atoms. The summed E-state index contributed by atoms with van der Waals surface area (Å²) in [6.07, 6.45) is -0.543. The van der Waals surface area contributed by atoms with Crippen LogP contribution < -0.4 is 10.6 Å². The van der Waals surface area contributed by atoms with E-state index < -0.39 is 12.1 Å². The fourth-order valence-electron chi connectivity index (χ4n) is 1.09. The zero-order valence-corrected chi connectivity index (χ0v) is 9.63. The Morgan fingerprint density at radius 3 is 2.87 bits per heavy atom. The summed E-state index contributed by atoms with van der Waals surface area (Å²) in [7, 11) is 0. The van der Waals surface area contributed by atoms with E-state index >= 15 is 0 Å². The highest BCUT2D eigenvalue weighted by Gasteiger charge is 2.28. The van der Waals surface area contributed by atoms with Gasteiger partial charge in [0.2, 0.25) is 5.91 Å². The third-order valence-corrected chi connectivity index (χ3v) is 3.12. The van der Waals surface area contributed by atoms with Gasteiger partial charge < -0.3 is 15.7 Å². The number of carbonyl (C=O) groups is 2. The van der Waals surface area contributed by atoms with Crippen LogP contribution in [0.1, 0.15) is 13.8 Å². The Hall–Kier alpha value is -0.750. The molecule has 2 amide bonds. The first kappa shape index (κ1) is 12.3. The minimum absolute atomic E-state index is 0.109. The van der Waals surface area contributed by atoms with Crippen LogP contribution in [0.3, 0.4) is 0 Å².